The molecule has 0 aromatic heterocycles. The fourth-order valence-electron chi connectivity index (χ4n) is 2.81. The minimum absolute atomic E-state index is 0.0930. The number of hydrogen-bond acceptors (Lipinski definition) is 3. The van der Waals surface area contributed by atoms with Gasteiger partial charge in [-0.15, -0.1) is 0 Å². The number of aryl methyl sites for hydroxylation is 1. The van der Waals surface area contributed by atoms with Crippen molar-refractivity contribution in [2.24, 2.45) is 5.92 Å². The van der Waals surface area contributed by atoms with E-state index >= 15 is 0 Å². The molecule has 1 aromatic rings. The molecule has 0 spiro atoms. The molecule has 0 unspecified atom stereocenters. The Kier molecular flexibility index (Phi) is 2.65. The smallest absolute Gasteiger partial charge is 0.224 e. The maximum absolute atomic E-state index is 11.4. The Balaban J connectivity index is 1.82. The summed E-state index contributed by atoms with van der Waals surface area (Å²) >= 11 is 0. The second-order valence-corrected chi connectivity index (χ2v) is 5.56. The van der Waals surface area contributed by atoms with Gasteiger partial charge in [0, 0.05) is 18.2 Å². The first-order valence-electron chi connectivity index (χ1n) is 6.60. The number of benzene rings is 1. The molecule has 1 aliphatic carbocycles. The molecular weight excluding hydrogens is 226 g/mol. The van der Waals surface area contributed by atoms with Crippen molar-refractivity contribution < 1.29 is 4.79 Å². The molecule has 18 heavy (non-hydrogen) atoms. The molecule has 0 saturated heterocycles. The van der Waals surface area contributed by atoms with Gasteiger partial charge in [-0.1, -0.05) is 6.92 Å². The van der Waals surface area contributed by atoms with Crippen LogP contribution in [0, 0.1) is 5.92 Å². The lowest BCUT2D eigenvalue weighted by Crippen LogP contribution is -2.34. The first kappa shape index (κ1) is 11.4. The highest BCUT2D eigenvalue weighted by atomic mass is 16.1. The van der Waals surface area contributed by atoms with E-state index in [1.54, 1.807) is 0 Å². The standard InChI is InChI=1S/C14H19N3O/c1-8-4-10(5-8)16-13-7-12-9(6-11(13)15)2-3-14(18)17-12/h6-8,10,16H,2-5,15H2,1H3,(H,17,18). The lowest BCUT2D eigenvalue weighted by molar-refractivity contribution is -0.116. The Bertz CT molecular complexity index is 492. The van der Waals surface area contributed by atoms with E-state index in [0.29, 0.717) is 12.5 Å². The highest BCUT2D eigenvalue weighted by Crippen LogP contribution is 2.35. The molecule has 4 N–H and O–H groups in total. The maximum Gasteiger partial charge on any atom is 0.224 e. The van der Waals surface area contributed by atoms with Crippen LogP contribution >= 0.6 is 0 Å². The second-order valence-electron chi connectivity index (χ2n) is 5.56. The number of fused-ring (bicyclic) bond motifs is 1. The molecule has 1 aromatic carbocycles. The summed E-state index contributed by atoms with van der Waals surface area (Å²) in [5, 5.41) is 6.38. The maximum atomic E-state index is 11.4. The van der Waals surface area contributed by atoms with Crippen LogP contribution in [0.15, 0.2) is 12.1 Å². The van der Waals surface area contributed by atoms with Crippen molar-refractivity contribution in [3.8, 4) is 0 Å². The monoisotopic (exact) mass is 245 g/mol. The number of carbonyl (C=O) groups is 1. The van der Waals surface area contributed by atoms with Crippen molar-refractivity contribution in [3.05, 3.63) is 17.7 Å². The lowest BCUT2D eigenvalue weighted by Gasteiger charge is -2.34. The predicted molar refractivity (Wildman–Crippen MR) is 73.6 cm³/mol. The van der Waals surface area contributed by atoms with Gasteiger partial charge in [0.1, 0.15) is 0 Å². The van der Waals surface area contributed by atoms with E-state index in [2.05, 4.69) is 17.6 Å². The van der Waals surface area contributed by atoms with Gasteiger partial charge in [0.05, 0.1) is 11.4 Å². The summed E-state index contributed by atoms with van der Waals surface area (Å²) in [4.78, 5) is 11.4. The van der Waals surface area contributed by atoms with Crippen LogP contribution in [0.25, 0.3) is 0 Å². The van der Waals surface area contributed by atoms with E-state index in [1.165, 1.54) is 12.8 Å². The molecular formula is C14H19N3O. The number of nitrogens with one attached hydrogen (secondary N) is 2. The molecule has 4 nitrogen and oxygen atoms in total. The van der Waals surface area contributed by atoms with Crippen molar-refractivity contribution >= 4 is 23.0 Å². The molecule has 0 radical (unpaired) electrons. The average Bonchev–Trinajstić information content (AvgIpc) is 2.28. The van der Waals surface area contributed by atoms with Crippen molar-refractivity contribution in [2.45, 2.75) is 38.6 Å². The second kappa shape index (κ2) is 4.19. The first-order chi connectivity index (χ1) is 8.61. The third kappa shape index (κ3) is 2.03. The zero-order valence-corrected chi connectivity index (χ0v) is 10.6. The zero-order chi connectivity index (χ0) is 12.7. The van der Waals surface area contributed by atoms with E-state index in [4.69, 9.17) is 5.73 Å². The molecule has 1 fully saturated rings. The number of carbonyl (C=O) groups excluding carboxylic acids is 1. The van der Waals surface area contributed by atoms with Crippen molar-refractivity contribution in [2.75, 3.05) is 16.4 Å². The topological polar surface area (TPSA) is 67.1 Å². The number of hydrogen-bond donors (Lipinski definition) is 3. The van der Waals surface area contributed by atoms with E-state index < -0.39 is 0 Å². The van der Waals surface area contributed by atoms with Crippen LogP contribution in [0.5, 0.6) is 0 Å². The van der Waals surface area contributed by atoms with Gasteiger partial charge in [-0.3, -0.25) is 4.79 Å². The van der Waals surface area contributed by atoms with E-state index in [0.717, 1.165) is 35.0 Å². The molecule has 0 bridgehead atoms. The zero-order valence-electron chi connectivity index (χ0n) is 10.6. The van der Waals surface area contributed by atoms with Gasteiger partial charge >= 0.3 is 0 Å². The van der Waals surface area contributed by atoms with E-state index in [-0.39, 0.29) is 5.91 Å². The lowest BCUT2D eigenvalue weighted by atomic mass is 9.81. The van der Waals surface area contributed by atoms with Crippen LogP contribution in [0.3, 0.4) is 0 Å². The summed E-state index contributed by atoms with van der Waals surface area (Å²) in [7, 11) is 0. The van der Waals surface area contributed by atoms with Crippen LogP contribution < -0.4 is 16.4 Å². The van der Waals surface area contributed by atoms with E-state index in [9.17, 15) is 4.79 Å². The number of anilines is 3. The summed E-state index contributed by atoms with van der Waals surface area (Å²) in [6, 6.07) is 4.49. The van der Waals surface area contributed by atoms with Gasteiger partial charge in [0.25, 0.3) is 0 Å². The van der Waals surface area contributed by atoms with Gasteiger partial charge in [-0.25, -0.2) is 0 Å². The summed E-state index contributed by atoms with van der Waals surface area (Å²) < 4.78 is 0. The highest BCUT2D eigenvalue weighted by molar-refractivity contribution is 5.95. The number of nitrogens with two attached hydrogens (primary N) is 1. The molecule has 96 valence electrons. The summed E-state index contributed by atoms with van der Waals surface area (Å²) in [5.74, 6) is 0.900. The molecule has 4 heteroatoms. The summed E-state index contributed by atoms with van der Waals surface area (Å²) in [6.07, 6.45) is 3.73. The van der Waals surface area contributed by atoms with E-state index in [1.807, 2.05) is 12.1 Å². The fraction of sp³-hybridized carbons (Fsp3) is 0.500. The average molecular weight is 245 g/mol. The Morgan fingerprint density at radius 2 is 2.11 bits per heavy atom. The quantitative estimate of drug-likeness (QED) is 0.701. The molecule has 2 aliphatic rings. The van der Waals surface area contributed by atoms with Crippen molar-refractivity contribution in [1.82, 2.24) is 0 Å². The van der Waals surface area contributed by atoms with Gasteiger partial charge in [-0.2, -0.15) is 0 Å². The number of nitrogen functional groups attached to an aromatic ring is 1. The number of amides is 1. The molecule has 0 atom stereocenters. The minimum atomic E-state index is 0.0930. The van der Waals surface area contributed by atoms with Crippen molar-refractivity contribution in [1.29, 1.82) is 0 Å². The van der Waals surface area contributed by atoms with Crippen LogP contribution in [-0.2, 0) is 11.2 Å². The molecule has 1 heterocycles. The van der Waals surface area contributed by atoms with Gasteiger partial charge in [0.15, 0.2) is 0 Å². The normalized spacial score (nSPS) is 25.9. The molecule has 3 rings (SSSR count). The van der Waals surface area contributed by atoms with Crippen LogP contribution in [-0.4, -0.2) is 11.9 Å². The number of rotatable bonds is 2. The van der Waals surface area contributed by atoms with Crippen LogP contribution in [0.1, 0.15) is 31.7 Å². The minimum Gasteiger partial charge on any atom is -0.397 e. The largest absolute Gasteiger partial charge is 0.397 e. The Morgan fingerprint density at radius 1 is 1.33 bits per heavy atom. The highest BCUT2D eigenvalue weighted by Gasteiger charge is 2.26. The Morgan fingerprint density at radius 3 is 2.83 bits per heavy atom. The fourth-order valence-corrected chi connectivity index (χ4v) is 2.81. The summed E-state index contributed by atoms with van der Waals surface area (Å²) in [6.45, 7) is 2.26. The Hall–Kier alpha value is -1.71. The molecule has 1 saturated carbocycles. The predicted octanol–water partition coefficient (Wildman–Crippen LogP) is 2.36. The van der Waals surface area contributed by atoms with Crippen LogP contribution in [0.2, 0.25) is 0 Å². The first-order valence-corrected chi connectivity index (χ1v) is 6.60. The Labute approximate surface area is 107 Å². The third-order valence-corrected chi connectivity index (χ3v) is 3.90. The van der Waals surface area contributed by atoms with Gasteiger partial charge in [-0.05, 0) is 42.9 Å². The summed E-state index contributed by atoms with van der Waals surface area (Å²) in [5.41, 5.74) is 9.85. The van der Waals surface area contributed by atoms with Gasteiger partial charge < -0.3 is 16.4 Å². The molecule has 1 amide bonds. The van der Waals surface area contributed by atoms with Crippen LogP contribution in [0.4, 0.5) is 17.1 Å². The van der Waals surface area contributed by atoms with Crippen molar-refractivity contribution in [3.63, 3.8) is 0 Å². The SMILES string of the molecule is CC1CC(Nc2cc3c(cc2N)CCC(=O)N3)C1. The third-order valence-electron chi connectivity index (χ3n) is 3.90. The molecule has 1 aliphatic heterocycles. The van der Waals surface area contributed by atoms with Gasteiger partial charge in [0.2, 0.25) is 5.91 Å².